The predicted octanol–water partition coefficient (Wildman–Crippen LogP) is 2.97. The van der Waals surface area contributed by atoms with Gasteiger partial charge in [0, 0.05) is 31.9 Å². The van der Waals surface area contributed by atoms with Crippen LogP contribution in [0.5, 0.6) is 5.88 Å². The Balaban J connectivity index is 1.37. The zero-order valence-electron chi connectivity index (χ0n) is 14.7. The molecule has 6 heteroatoms. The molecule has 0 bridgehead atoms. The second-order valence-corrected chi connectivity index (χ2v) is 6.70. The Kier molecular flexibility index (Phi) is 4.26. The van der Waals surface area contributed by atoms with Crippen LogP contribution in [0, 0.1) is 12.8 Å². The highest BCUT2D eigenvalue weighted by Gasteiger charge is 2.23. The van der Waals surface area contributed by atoms with E-state index < -0.39 is 0 Å². The zero-order valence-corrected chi connectivity index (χ0v) is 14.7. The Morgan fingerprint density at radius 1 is 1.16 bits per heavy atom. The van der Waals surface area contributed by atoms with Gasteiger partial charge in [-0.2, -0.15) is 0 Å². The summed E-state index contributed by atoms with van der Waals surface area (Å²) in [7, 11) is 2.09. The van der Waals surface area contributed by atoms with Crippen LogP contribution in [0.1, 0.15) is 18.5 Å². The molecule has 1 aliphatic heterocycles. The molecule has 3 heterocycles. The molecule has 1 fully saturated rings. The first-order valence-electron chi connectivity index (χ1n) is 8.78. The summed E-state index contributed by atoms with van der Waals surface area (Å²) in [6.45, 7) is 4.68. The summed E-state index contributed by atoms with van der Waals surface area (Å²) in [6.07, 6.45) is 3.76. The lowest BCUT2D eigenvalue weighted by atomic mass is 9.98. The van der Waals surface area contributed by atoms with Crippen molar-refractivity contribution in [2.24, 2.45) is 13.0 Å². The molecule has 1 saturated heterocycles. The molecule has 0 aliphatic carbocycles. The first kappa shape index (κ1) is 15.9. The molecule has 0 radical (unpaired) electrons. The summed E-state index contributed by atoms with van der Waals surface area (Å²) in [5.74, 6) is 2.29. The molecular weight excluding hydrogens is 314 g/mol. The first-order chi connectivity index (χ1) is 12.2. The third-order valence-corrected chi connectivity index (χ3v) is 4.91. The monoisotopic (exact) mass is 337 g/mol. The van der Waals surface area contributed by atoms with Crippen molar-refractivity contribution in [2.45, 2.75) is 19.8 Å². The minimum atomic E-state index is 0.557. The topological polar surface area (TPSA) is 56.1 Å². The van der Waals surface area contributed by atoms with Crippen molar-refractivity contribution in [3.8, 4) is 5.88 Å². The molecule has 4 rings (SSSR count). The standard InChI is InChI=1S/C19H23N5O/c1-14-11-18(21-13-20-14)25-12-15-7-9-24(10-8-15)19-22-16-5-3-4-6-17(16)23(19)2/h3-6,11,13,15H,7-10,12H2,1-2H3. The van der Waals surface area contributed by atoms with Crippen LogP contribution in [-0.2, 0) is 7.05 Å². The quantitative estimate of drug-likeness (QED) is 0.732. The van der Waals surface area contributed by atoms with Gasteiger partial charge in [0.1, 0.15) is 6.33 Å². The highest BCUT2D eigenvalue weighted by Crippen LogP contribution is 2.26. The van der Waals surface area contributed by atoms with Crippen LogP contribution in [0.2, 0.25) is 0 Å². The largest absolute Gasteiger partial charge is 0.477 e. The number of aryl methyl sites for hydroxylation is 2. The van der Waals surface area contributed by atoms with Crippen molar-refractivity contribution in [2.75, 3.05) is 24.6 Å². The number of hydrogen-bond donors (Lipinski definition) is 0. The smallest absolute Gasteiger partial charge is 0.216 e. The van der Waals surface area contributed by atoms with E-state index in [1.165, 1.54) is 5.52 Å². The second-order valence-electron chi connectivity index (χ2n) is 6.70. The molecule has 130 valence electrons. The number of fused-ring (bicyclic) bond motifs is 1. The molecule has 0 spiro atoms. The Labute approximate surface area is 147 Å². The van der Waals surface area contributed by atoms with E-state index in [2.05, 4.69) is 44.7 Å². The van der Waals surface area contributed by atoms with E-state index in [0.29, 0.717) is 18.4 Å². The minimum absolute atomic E-state index is 0.557. The van der Waals surface area contributed by atoms with Crippen LogP contribution in [-0.4, -0.2) is 39.2 Å². The van der Waals surface area contributed by atoms with Gasteiger partial charge in [-0.1, -0.05) is 12.1 Å². The number of aromatic nitrogens is 4. The molecule has 0 amide bonds. The lowest BCUT2D eigenvalue weighted by molar-refractivity contribution is 0.215. The normalized spacial score (nSPS) is 15.7. The fraction of sp³-hybridized carbons (Fsp3) is 0.421. The van der Waals surface area contributed by atoms with Crippen LogP contribution in [0.4, 0.5) is 5.95 Å². The van der Waals surface area contributed by atoms with Crippen LogP contribution in [0.25, 0.3) is 11.0 Å². The van der Waals surface area contributed by atoms with Gasteiger partial charge < -0.3 is 14.2 Å². The van der Waals surface area contributed by atoms with E-state index in [1.807, 2.05) is 19.1 Å². The highest BCUT2D eigenvalue weighted by molar-refractivity contribution is 5.78. The number of anilines is 1. The molecule has 2 aromatic heterocycles. The highest BCUT2D eigenvalue weighted by atomic mass is 16.5. The predicted molar refractivity (Wildman–Crippen MR) is 97.9 cm³/mol. The van der Waals surface area contributed by atoms with Gasteiger partial charge in [-0.05, 0) is 37.8 Å². The number of imidazole rings is 1. The van der Waals surface area contributed by atoms with Gasteiger partial charge in [0.25, 0.3) is 0 Å². The molecule has 1 aromatic carbocycles. The molecule has 0 saturated carbocycles. The van der Waals surface area contributed by atoms with Gasteiger partial charge in [0.2, 0.25) is 11.8 Å². The lowest BCUT2D eigenvalue weighted by Gasteiger charge is -2.32. The van der Waals surface area contributed by atoms with E-state index in [1.54, 1.807) is 6.33 Å². The number of ether oxygens (including phenoxy) is 1. The van der Waals surface area contributed by atoms with Crippen molar-refractivity contribution in [1.29, 1.82) is 0 Å². The summed E-state index contributed by atoms with van der Waals surface area (Å²) in [5, 5.41) is 0. The average Bonchev–Trinajstić information content (AvgIpc) is 2.98. The Morgan fingerprint density at radius 3 is 2.72 bits per heavy atom. The van der Waals surface area contributed by atoms with Gasteiger partial charge >= 0.3 is 0 Å². The van der Waals surface area contributed by atoms with E-state index in [4.69, 9.17) is 9.72 Å². The third-order valence-electron chi connectivity index (χ3n) is 4.91. The lowest BCUT2D eigenvalue weighted by Crippen LogP contribution is -2.37. The van der Waals surface area contributed by atoms with Crippen molar-refractivity contribution in [1.82, 2.24) is 19.5 Å². The Morgan fingerprint density at radius 2 is 1.96 bits per heavy atom. The van der Waals surface area contributed by atoms with Crippen LogP contribution in [0.3, 0.4) is 0 Å². The number of rotatable bonds is 4. The number of nitrogens with zero attached hydrogens (tertiary/aromatic N) is 5. The van der Waals surface area contributed by atoms with Crippen molar-refractivity contribution >= 4 is 17.0 Å². The summed E-state index contributed by atoms with van der Waals surface area (Å²) in [6, 6.07) is 10.2. The maximum absolute atomic E-state index is 5.85. The summed E-state index contributed by atoms with van der Waals surface area (Å²) < 4.78 is 8.04. The maximum Gasteiger partial charge on any atom is 0.216 e. The second kappa shape index (κ2) is 6.70. The Bertz CT molecular complexity index is 867. The molecule has 6 nitrogen and oxygen atoms in total. The number of piperidine rings is 1. The zero-order chi connectivity index (χ0) is 17.2. The van der Waals surface area contributed by atoms with E-state index >= 15 is 0 Å². The van der Waals surface area contributed by atoms with Crippen molar-refractivity contribution in [3.05, 3.63) is 42.4 Å². The van der Waals surface area contributed by atoms with Gasteiger partial charge in [0.15, 0.2) is 0 Å². The molecule has 0 unspecified atom stereocenters. The fourth-order valence-corrected chi connectivity index (χ4v) is 3.43. The van der Waals surface area contributed by atoms with Gasteiger partial charge in [0.05, 0.1) is 17.6 Å². The molecule has 25 heavy (non-hydrogen) atoms. The summed E-state index contributed by atoms with van der Waals surface area (Å²) in [5.41, 5.74) is 3.17. The summed E-state index contributed by atoms with van der Waals surface area (Å²) in [4.78, 5) is 15.4. The molecular formula is C19H23N5O. The third kappa shape index (κ3) is 3.29. The first-order valence-corrected chi connectivity index (χ1v) is 8.78. The average molecular weight is 337 g/mol. The summed E-state index contributed by atoms with van der Waals surface area (Å²) >= 11 is 0. The van der Waals surface area contributed by atoms with Gasteiger partial charge in [-0.3, -0.25) is 0 Å². The van der Waals surface area contributed by atoms with Crippen molar-refractivity contribution < 1.29 is 4.74 Å². The fourth-order valence-electron chi connectivity index (χ4n) is 3.43. The van der Waals surface area contributed by atoms with Gasteiger partial charge in [-0.25, -0.2) is 15.0 Å². The van der Waals surface area contributed by atoms with Crippen LogP contribution in [0.15, 0.2) is 36.7 Å². The minimum Gasteiger partial charge on any atom is -0.477 e. The molecule has 3 aromatic rings. The SMILES string of the molecule is Cc1cc(OCC2CCN(c3nc4ccccc4n3C)CC2)ncn1. The number of benzene rings is 1. The van der Waals surface area contributed by atoms with Crippen LogP contribution >= 0.6 is 0 Å². The number of para-hydroxylation sites is 2. The van der Waals surface area contributed by atoms with E-state index in [0.717, 1.165) is 43.1 Å². The molecule has 0 N–H and O–H groups in total. The van der Waals surface area contributed by atoms with E-state index in [9.17, 15) is 0 Å². The molecule has 0 atom stereocenters. The maximum atomic E-state index is 5.85. The van der Waals surface area contributed by atoms with Gasteiger partial charge in [-0.15, -0.1) is 0 Å². The number of hydrogen-bond acceptors (Lipinski definition) is 5. The van der Waals surface area contributed by atoms with Crippen LogP contribution < -0.4 is 9.64 Å². The molecule has 1 aliphatic rings. The van der Waals surface area contributed by atoms with Crippen molar-refractivity contribution in [3.63, 3.8) is 0 Å². The van der Waals surface area contributed by atoms with E-state index in [-0.39, 0.29) is 0 Å². The Hall–Kier alpha value is -2.63.